The number of alkyl halides is 3. The Hall–Kier alpha value is -1.41. The Morgan fingerprint density at radius 3 is 2.62 bits per heavy atom. The highest BCUT2D eigenvalue weighted by atomic mass is 79.9. The Bertz CT molecular complexity index is 623. The second kappa shape index (κ2) is 6.15. The van der Waals surface area contributed by atoms with Gasteiger partial charge in [0, 0.05) is 10.0 Å². The van der Waals surface area contributed by atoms with Crippen LogP contribution in [0.5, 0.6) is 0 Å². The maximum Gasteiger partial charge on any atom is 0.417 e. The summed E-state index contributed by atoms with van der Waals surface area (Å²) in [5, 5.41) is 10.7. The number of benzene rings is 1. The van der Waals surface area contributed by atoms with Crippen LogP contribution in [0.2, 0.25) is 0 Å². The molecule has 8 heteroatoms. The van der Waals surface area contributed by atoms with Crippen molar-refractivity contribution in [1.82, 2.24) is 15.5 Å². The standard InChI is InChI=1S/C13H13BrF3N3O/c1-3-10(18-2)12-20-19-11(21-12)7-4-5-9(14)8(6-7)13(15,16)17/h4-6,10,18H,3H2,1-2H3. The van der Waals surface area contributed by atoms with E-state index < -0.39 is 11.7 Å². The number of hydrogen-bond acceptors (Lipinski definition) is 4. The Balaban J connectivity index is 2.39. The number of nitrogens with one attached hydrogen (secondary N) is 1. The summed E-state index contributed by atoms with van der Waals surface area (Å²) in [6.45, 7) is 1.94. The lowest BCUT2D eigenvalue weighted by atomic mass is 10.1. The molecule has 1 N–H and O–H groups in total. The fourth-order valence-electron chi connectivity index (χ4n) is 1.87. The van der Waals surface area contributed by atoms with E-state index in [9.17, 15) is 13.2 Å². The van der Waals surface area contributed by atoms with Crippen molar-refractivity contribution in [2.24, 2.45) is 0 Å². The molecule has 21 heavy (non-hydrogen) atoms. The zero-order chi connectivity index (χ0) is 15.6. The molecule has 4 nitrogen and oxygen atoms in total. The van der Waals surface area contributed by atoms with Gasteiger partial charge in [0.2, 0.25) is 11.8 Å². The van der Waals surface area contributed by atoms with E-state index in [1.165, 1.54) is 12.1 Å². The van der Waals surface area contributed by atoms with Gasteiger partial charge in [-0.05, 0) is 31.7 Å². The van der Waals surface area contributed by atoms with Crippen molar-refractivity contribution in [3.63, 3.8) is 0 Å². The van der Waals surface area contributed by atoms with Crippen LogP contribution < -0.4 is 5.32 Å². The molecule has 1 heterocycles. The van der Waals surface area contributed by atoms with E-state index in [-0.39, 0.29) is 22.0 Å². The maximum absolute atomic E-state index is 12.9. The van der Waals surface area contributed by atoms with Gasteiger partial charge in [-0.15, -0.1) is 10.2 Å². The minimum atomic E-state index is -4.45. The summed E-state index contributed by atoms with van der Waals surface area (Å²) in [4.78, 5) is 0. The molecule has 0 bridgehead atoms. The SMILES string of the molecule is CCC(NC)c1nnc(-c2ccc(Br)c(C(F)(F)F)c2)o1. The van der Waals surface area contributed by atoms with Crippen molar-refractivity contribution in [2.45, 2.75) is 25.6 Å². The largest absolute Gasteiger partial charge is 0.419 e. The van der Waals surface area contributed by atoms with Gasteiger partial charge in [-0.1, -0.05) is 22.9 Å². The van der Waals surface area contributed by atoms with Crippen LogP contribution in [0, 0.1) is 0 Å². The molecule has 0 radical (unpaired) electrons. The lowest BCUT2D eigenvalue weighted by Gasteiger charge is -2.10. The molecule has 0 aliphatic rings. The highest BCUT2D eigenvalue weighted by molar-refractivity contribution is 9.10. The molecule has 1 aromatic carbocycles. The van der Waals surface area contributed by atoms with E-state index >= 15 is 0 Å². The highest BCUT2D eigenvalue weighted by Gasteiger charge is 2.33. The van der Waals surface area contributed by atoms with Gasteiger partial charge < -0.3 is 9.73 Å². The van der Waals surface area contributed by atoms with Crippen molar-refractivity contribution < 1.29 is 17.6 Å². The molecular weight excluding hydrogens is 351 g/mol. The fourth-order valence-corrected chi connectivity index (χ4v) is 2.34. The van der Waals surface area contributed by atoms with Crippen LogP contribution in [0.25, 0.3) is 11.5 Å². The lowest BCUT2D eigenvalue weighted by molar-refractivity contribution is -0.138. The predicted octanol–water partition coefficient (Wildman–Crippen LogP) is 4.19. The number of rotatable bonds is 4. The molecule has 1 unspecified atom stereocenters. The number of aromatic nitrogens is 2. The first-order valence-corrected chi connectivity index (χ1v) is 7.04. The molecule has 114 valence electrons. The molecule has 2 rings (SSSR count). The van der Waals surface area contributed by atoms with Crippen LogP contribution in [0.1, 0.15) is 30.8 Å². The first kappa shape index (κ1) is 16.0. The van der Waals surface area contributed by atoms with Gasteiger partial charge in [0.15, 0.2) is 0 Å². The van der Waals surface area contributed by atoms with Gasteiger partial charge >= 0.3 is 6.18 Å². The van der Waals surface area contributed by atoms with Crippen molar-refractivity contribution >= 4 is 15.9 Å². The minimum absolute atomic E-state index is 0.0276. The third-order valence-corrected chi connectivity index (χ3v) is 3.71. The average Bonchev–Trinajstić information content (AvgIpc) is 2.89. The van der Waals surface area contributed by atoms with Crippen molar-refractivity contribution in [2.75, 3.05) is 7.05 Å². The van der Waals surface area contributed by atoms with Crippen LogP contribution in [0.4, 0.5) is 13.2 Å². The molecule has 0 spiro atoms. The maximum atomic E-state index is 12.9. The summed E-state index contributed by atoms with van der Waals surface area (Å²) in [6.07, 6.45) is -3.72. The molecule has 0 saturated carbocycles. The van der Waals surface area contributed by atoms with E-state index in [1.54, 1.807) is 7.05 Å². The molecule has 1 atom stereocenters. The summed E-state index contributed by atoms with van der Waals surface area (Å²) >= 11 is 2.89. The van der Waals surface area contributed by atoms with E-state index in [1.807, 2.05) is 6.92 Å². The second-order valence-corrected chi connectivity index (χ2v) is 5.24. The van der Waals surface area contributed by atoms with Crippen LogP contribution >= 0.6 is 15.9 Å². The van der Waals surface area contributed by atoms with Crippen LogP contribution in [0.3, 0.4) is 0 Å². The molecule has 1 aromatic heterocycles. The van der Waals surface area contributed by atoms with Gasteiger partial charge in [-0.25, -0.2) is 0 Å². The van der Waals surface area contributed by atoms with E-state index in [2.05, 4.69) is 31.4 Å². The predicted molar refractivity (Wildman–Crippen MR) is 74.5 cm³/mol. The molecule has 0 aliphatic heterocycles. The summed E-state index contributed by atoms with van der Waals surface area (Å²) in [7, 11) is 1.75. The number of nitrogens with zero attached hydrogens (tertiary/aromatic N) is 2. The molecule has 2 aromatic rings. The van der Waals surface area contributed by atoms with Crippen molar-refractivity contribution in [1.29, 1.82) is 0 Å². The molecule has 0 fully saturated rings. The third kappa shape index (κ3) is 3.44. The van der Waals surface area contributed by atoms with Gasteiger partial charge in [-0.2, -0.15) is 13.2 Å². The van der Waals surface area contributed by atoms with Gasteiger partial charge in [0.25, 0.3) is 0 Å². The Labute approximate surface area is 127 Å². The highest BCUT2D eigenvalue weighted by Crippen LogP contribution is 2.37. The van der Waals surface area contributed by atoms with E-state index in [0.717, 1.165) is 12.5 Å². The van der Waals surface area contributed by atoms with E-state index in [0.29, 0.717) is 5.89 Å². The monoisotopic (exact) mass is 363 g/mol. The fraction of sp³-hybridized carbons (Fsp3) is 0.385. The first-order chi connectivity index (χ1) is 9.86. The smallest absolute Gasteiger partial charge is 0.417 e. The molecule has 0 saturated heterocycles. The Kier molecular flexibility index (Phi) is 4.67. The second-order valence-electron chi connectivity index (χ2n) is 4.39. The quantitative estimate of drug-likeness (QED) is 0.884. The molecule has 0 aliphatic carbocycles. The third-order valence-electron chi connectivity index (χ3n) is 3.01. The first-order valence-electron chi connectivity index (χ1n) is 6.24. The van der Waals surface area contributed by atoms with Gasteiger partial charge in [-0.3, -0.25) is 0 Å². The normalized spacial score (nSPS) is 13.4. The van der Waals surface area contributed by atoms with E-state index in [4.69, 9.17) is 4.42 Å². The lowest BCUT2D eigenvalue weighted by Crippen LogP contribution is -2.15. The van der Waals surface area contributed by atoms with Crippen molar-refractivity contribution in [3.05, 3.63) is 34.1 Å². The number of hydrogen-bond donors (Lipinski definition) is 1. The van der Waals surface area contributed by atoms with Gasteiger partial charge in [0.1, 0.15) is 0 Å². The van der Waals surface area contributed by atoms with Crippen LogP contribution in [0.15, 0.2) is 27.1 Å². The molecular formula is C13H13BrF3N3O. The Morgan fingerprint density at radius 1 is 1.33 bits per heavy atom. The summed E-state index contributed by atoms with van der Waals surface area (Å²) in [6, 6.07) is 3.68. The molecule has 0 amide bonds. The topological polar surface area (TPSA) is 51.0 Å². The average molecular weight is 364 g/mol. The zero-order valence-corrected chi connectivity index (χ0v) is 12.9. The zero-order valence-electron chi connectivity index (χ0n) is 11.3. The minimum Gasteiger partial charge on any atom is -0.419 e. The van der Waals surface area contributed by atoms with Crippen molar-refractivity contribution in [3.8, 4) is 11.5 Å². The summed E-state index contributed by atoms with van der Waals surface area (Å²) in [5.74, 6) is 0.420. The van der Waals surface area contributed by atoms with Gasteiger partial charge in [0.05, 0.1) is 11.6 Å². The number of halogens is 4. The van der Waals surface area contributed by atoms with Crippen LogP contribution in [-0.2, 0) is 6.18 Å². The summed E-state index contributed by atoms with van der Waals surface area (Å²) in [5.41, 5.74) is -0.546. The Morgan fingerprint density at radius 2 is 2.05 bits per heavy atom. The summed E-state index contributed by atoms with van der Waals surface area (Å²) < 4.78 is 44.1. The van der Waals surface area contributed by atoms with Crippen LogP contribution in [-0.4, -0.2) is 17.2 Å².